The minimum Gasteiger partial charge on any atom is -0.373 e. The molecule has 0 radical (unpaired) electrons. The van der Waals surface area contributed by atoms with Gasteiger partial charge in [-0.25, -0.2) is 0 Å². The van der Waals surface area contributed by atoms with Crippen molar-refractivity contribution in [1.82, 2.24) is 15.0 Å². The van der Waals surface area contributed by atoms with Gasteiger partial charge in [-0.15, -0.1) is 0 Å². The zero-order valence-corrected chi connectivity index (χ0v) is 13.2. The first kappa shape index (κ1) is 14.2. The van der Waals surface area contributed by atoms with E-state index < -0.39 is 0 Å². The summed E-state index contributed by atoms with van der Waals surface area (Å²) in [7, 11) is 0. The molecule has 1 aromatic heterocycles. The predicted molar refractivity (Wildman–Crippen MR) is 79.2 cm³/mol. The van der Waals surface area contributed by atoms with Gasteiger partial charge in [0.1, 0.15) is 5.76 Å². The Bertz CT molecular complexity index is 562. The molecule has 22 heavy (non-hydrogen) atoms. The van der Waals surface area contributed by atoms with E-state index in [2.05, 4.69) is 10.1 Å². The Morgan fingerprint density at radius 3 is 2.82 bits per heavy atom. The summed E-state index contributed by atoms with van der Waals surface area (Å²) in [5.74, 6) is 1.51. The van der Waals surface area contributed by atoms with Gasteiger partial charge in [0.2, 0.25) is 5.91 Å². The number of carbonyl (C=O) groups excluding carboxylic acids is 1. The SMILES string of the molecule is Cc1noc(C)c1CN1CCO[C@@H]2CN(C(=O)C3CC3)C[C@@H]21. The van der Waals surface area contributed by atoms with Gasteiger partial charge in [-0.2, -0.15) is 0 Å². The smallest absolute Gasteiger partial charge is 0.225 e. The number of amides is 1. The Balaban J connectivity index is 1.48. The molecule has 0 spiro atoms. The van der Waals surface area contributed by atoms with Gasteiger partial charge in [-0.1, -0.05) is 5.16 Å². The van der Waals surface area contributed by atoms with Crippen LogP contribution in [0.3, 0.4) is 0 Å². The van der Waals surface area contributed by atoms with Crippen LogP contribution in [0.4, 0.5) is 0 Å². The maximum Gasteiger partial charge on any atom is 0.225 e. The van der Waals surface area contributed by atoms with E-state index in [9.17, 15) is 4.79 Å². The lowest BCUT2D eigenvalue weighted by Crippen LogP contribution is -2.50. The van der Waals surface area contributed by atoms with Gasteiger partial charge in [0, 0.05) is 37.7 Å². The van der Waals surface area contributed by atoms with E-state index in [1.165, 1.54) is 5.56 Å². The second-order valence-electron chi connectivity index (χ2n) is 6.77. The van der Waals surface area contributed by atoms with Crippen molar-refractivity contribution >= 4 is 5.91 Å². The molecule has 2 atom stereocenters. The van der Waals surface area contributed by atoms with Crippen LogP contribution < -0.4 is 0 Å². The number of aromatic nitrogens is 1. The molecule has 6 heteroatoms. The van der Waals surface area contributed by atoms with Crippen LogP contribution >= 0.6 is 0 Å². The van der Waals surface area contributed by atoms with Crippen molar-refractivity contribution < 1.29 is 14.1 Å². The highest BCUT2D eigenvalue weighted by atomic mass is 16.5. The minimum absolute atomic E-state index is 0.150. The van der Waals surface area contributed by atoms with Gasteiger partial charge in [0.25, 0.3) is 0 Å². The first-order chi connectivity index (χ1) is 10.6. The van der Waals surface area contributed by atoms with Crippen molar-refractivity contribution in [2.24, 2.45) is 5.92 Å². The lowest BCUT2D eigenvalue weighted by Gasteiger charge is -2.36. The highest BCUT2D eigenvalue weighted by Gasteiger charge is 2.44. The number of morpholine rings is 1. The summed E-state index contributed by atoms with van der Waals surface area (Å²) in [5.41, 5.74) is 2.14. The van der Waals surface area contributed by atoms with Crippen LogP contribution in [0.5, 0.6) is 0 Å². The third-order valence-corrected chi connectivity index (χ3v) is 5.20. The summed E-state index contributed by atoms with van der Waals surface area (Å²) in [4.78, 5) is 16.8. The van der Waals surface area contributed by atoms with E-state index >= 15 is 0 Å². The maximum absolute atomic E-state index is 12.3. The second-order valence-corrected chi connectivity index (χ2v) is 6.77. The number of aryl methyl sites for hydroxylation is 2. The molecule has 1 saturated carbocycles. The fourth-order valence-electron chi connectivity index (χ4n) is 3.65. The second kappa shape index (κ2) is 5.35. The van der Waals surface area contributed by atoms with Gasteiger partial charge in [0.05, 0.1) is 24.4 Å². The molecule has 1 aliphatic carbocycles. The van der Waals surface area contributed by atoms with Crippen LogP contribution in [0.2, 0.25) is 0 Å². The Morgan fingerprint density at radius 2 is 2.14 bits per heavy atom. The van der Waals surface area contributed by atoms with Gasteiger partial charge in [-0.3, -0.25) is 9.69 Å². The topological polar surface area (TPSA) is 58.8 Å². The van der Waals surface area contributed by atoms with Crippen LogP contribution in [0, 0.1) is 19.8 Å². The zero-order valence-electron chi connectivity index (χ0n) is 13.2. The van der Waals surface area contributed by atoms with E-state index in [1.807, 2.05) is 18.7 Å². The van der Waals surface area contributed by atoms with Gasteiger partial charge < -0.3 is 14.2 Å². The maximum atomic E-state index is 12.3. The van der Waals surface area contributed by atoms with E-state index in [0.29, 0.717) is 11.9 Å². The van der Waals surface area contributed by atoms with E-state index in [1.54, 1.807) is 0 Å². The van der Waals surface area contributed by atoms with Crippen LogP contribution in [-0.4, -0.2) is 59.3 Å². The van der Waals surface area contributed by atoms with Crippen molar-refractivity contribution in [3.05, 3.63) is 17.0 Å². The molecule has 0 bridgehead atoms. The minimum atomic E-state index is 0.150. The number of likely N-dealkylation sites (tertiary alicyclic amines) is 1. The monoisotopic (exact) mass is 305 g/mol. The molecule has 1 aromatic rings. The van der Waals surface area contributed by atoms with Crippen molar-refractivity contribution in [3.63, 3.8) is 0 Å². The molecular weight excluding hydrogens is 282 g/mol. The average Bonchev–Trinajstić information content (AvgIpc) is 3.20. The third-order valence-electron chi connectivity index (χ3n) is 5.20. The van der Waals surface area contributed by atoms with Crippen LogP contribution in [0.1, 0.15) is 29.9 Å². The van der Waals surface area contributed by atoms with Crippen molar-refractivity contribution in [2.45, 2.75) is 45.4 Å². The first-order valence-electron chi connectivity index (χ1n) is 8.19. The zero-order chi connectivity index (χ0) is 15.3. The summed E-state index contributed by atoms with van der Waals surface area (Å²) < 4.78 is 11.2. The Morgan fingerprint density at radius 1 is 1.32 bits per heavy atom. The molecule has 0 aromatic carbocycles. The van der Waals surface area contributed by atoms with E-state index in [0.717, 1.165) is 57.1 Å². The first-order valence-corrected chi connectivity index (χ1v) is 8.19. The summed E-state index contributed by atoms with van der Waals surface area (Å²) in [6.07, 6.45) is 2.28. The number of rotatable bonds is 3. The molecule has 0 unspecified atom stereocenters. The molecule has 3 aliphatic rings. The van der Waals surface area contributed by atoms with Gasteiger partial charge in [0.15, 0.2) is 0 Å². The number of nitrogens with zero attached hydrogens (tertiary/aromatic N) is 3. The molecule has 0 N–H and O–H groups in total. The normalized spacial score (nSPS) is 28.9. The molecular formula is C16H23N3O3. The van der Waals surface area contributed by atoms with Crippen LogP contribution in [0.25, 0.3) is 0 Å². The summed E-state index contributed by atoms with van der Waals surface area (Å²) in [6, 6.07) is 0.296. The third kappa shape index (κ3) is 2.44. The van der Waals surface area contributed by atoms with Gasteiger partial charge >= 0.3 is 0 Å². The average molecular weight is 305 g/mol. The van der Waals surface area contributed by atoms with Gasteiger partial charge in [-0.05, 0) is 26.7 Å². The quantitative estimate of drug-likeness (QED) is 0.837. The Labute approximate surface area is 130 Å². The molecule has 1 amide bonds. The molecule has 6 nitrogen and oxygen atoms in total. The lowest BCUT2D eigenvalue weighted by atomic mass is 10.1. The predicted octanol–water partition coefficient (Wildman–Crippen LogP) is 1.11. The van der Waals surface area contributed by atoms with Crippen LogP contribution in [0.15, 0.2) is 4.52 Å². The number of fused-ring (bicyclic) bond motifs is 1. The van der Waals surface area contributed by atoms with Crippen molar-refractivity contribution in [2.75, 3.05) is 26.2 Å². The number of carbonyl (C=O) groups is 1. The standard InChI is InChI=1S/C16H23N3O3/c1-10-13(11(2)22-17-10)7-18-5-6-21-15-9-19(8-14(15)18)16(20)12-3-4-12/h12,14-15H,3-9H2,1-2H3/t14-,15+/m0/s1. The number of ether oxygens (including phenoxy) is 1. The van der Waals surface area contributed by atoms with Crippen molar-refractivity contribution in [3.8, 4) is 0 Å². The highest BCUT2D eigenvalue weighted by Crippen LogP contribution is 2.34. The summed E-state index contributed by atoms with van der Waals surface area (Å²) in [5, 5.41) is 4.04. The Kier molecular flexibility index (Phi) is 3.46. The molecule has 120 valence electrons. The highest BCUT2D eigenvalue weighted by molar-refractivity contribution is 5.81. The van der Waals surface area contributed by atoms with E-state index in [-0.39, 0.29) is 12.0 Å². The molecule has 4 rings (SSSR count). The van der Waals surface area contributed by atoms with Crippen molar-refractivity contribution in [1.29, 1.82) is 0 Å². The summed E-state index contributed by atoms with van der Waals surface area (Å²) in [6.45, 7) is 7.96. The lowest BCUT2D eigenvalue weighted by molar-refractivity contribution is -0.131. The molecule has 3 fully saturated rings. The molecule has 3 heterocycles. The fraction of sp³-hybridized carbons (Fsp3) is 0.750. The van der Waals surface area contributed by atoms with Crippen LogP contribution in [-0.2, 0) is 16.1 Å². The largest absolute Gasteiger partial charge is 0.373 e. The number of hydrogen-bond donors (Lipinski definition) is 0. The Hall–Kier alpha value is -1.40. The number of hydrogen-bond acceptors (Lipinski definition) is 5. The fourth-order valence-corrected chi connectivity index (χ4v) is 3.65. The summed E-state index contributed by atoms with van der Waals surface area (Å²) >= 11 is 0. The van der Waals surface area contributed by atoms with E-state index in [4.69, 9.17) is 9.26 Å². The molecule has 2 aliphatic heterocycles. The molecule has 2 saturated heterocycles.